The molecule has 0 spiro atoms. The van der Waals surface area contributed by atoms with Crippen molar-refractivity contribution in [3.63, 3.8) is 0 Å². The van der Waals surface area contributed by atoms with E-state index in [0.717, 1.165) is 99.9 Å². The number of anilines is 6. The molecular weight excluding hydrogens is 804 g/mol. The zero-order valence-electron chi connectivity index (χ0n) is 37.1. The zero-order chi connectivity index (χ0) is 45.2. The molecule has 0 saturated carbocycles. The zero-order valence-corrected chi connectivity index (χ0v) is 34.9. The molecule has 12 rings (SSSR count). The van der Waals surface area contributed by atoms with Crippen LogP contribution in [0.3, 0.4) is 0 Å². The van der Waals surface area contributed by atoms with Gasteiger partial charge in [0, 0.05) is 85.3 Å². The molecule has 3 heterocycles. The summed E-state index contributed by atoms with van der Waals surface area (Å²) in [6, 6.07) is 57.4. The number of rotatable bonds is 6. The number of hydrogen-bond acceptors (Lipinski definition) is 3. The average molecular weight is 845 g/mol. The molecule has 0 radical (unpaired) electrons. The van der Waals surface area contributed by atoms with E-state index < -0.39 is 18.6 Å². The van der Waals surface area contributed by atoms with Crippen LogP contribution in [-0.2, 0) is 6.18 Å². The van der Waals surface area contributed by atoms with Crippen molar-refractivity contribution in [2.45, 2.75) is 26.9 Å². The Kier molecular flexibility index (Phi) is 7.52. The van der Waals surface area contributed by atoms with Crippen LogP contribution in [-0.4, -0.2) is 4.40 Å². The van der Waals surface area contributed by atoms with E-state index in [1.54, 1.807) is 23.5 Å². The van der Waals surface area contributed by atoms with Crippen molar-refractivity contribution >= 4 is 115 Å². The minimum Gasteiger partial charge on any atom is -0.310 e. The second-order valence-corrected chi connectivity index (χ2v) is 17.5. The van der Waals surface area contributed by atoms with E-state index >= 15 is 0 Å². The molecule has 0 aliphatic rings. The Morgan fingerprint density at radius 3 is 1.57 bits per heavy atom. The lowest BCUT2D eigenvalue weighted by molar-refractivity contribution is -0.137. The van der Waals surface area contributed by atoms with Gasteiger partial charge in [-0.25, -0.2) is 0 Å². The molecule has 304 valence electrons. The third kappa shape index (κ3) is 5.94. The molecule has 0 aliphatic heterocycles. The quantitative estimate of drug-likeness (QED) is 0.165. The first-order valence-corrected chi connectivity index (χ1v) is 21.6. The van der Waals surface area contributed by atoms with Gasteiger partial charge in [0.05, 0.1) is 22.1 Å². The minimum absolute atomic E-state index is 0.303. The van der Waals surface area contributed by atoms with Gasteiger partial charge in [-0.1, -0.05) is 95.6 Å². The smallest absolute Gasteiger partial charge is 0.310 e. The van der Waals surface area contributed by atoms with Crippen molar-refractivity contribution in [2.75, 3.05) is 9.80 Å². The molecule has 0 bridgehead atoms. The van der Waals surface area contributed by atoms with Gasteiger partial charge in [-0.15, -0.1) is 11.3 Å². The van der Waals surface area contributed by atoms with Gasteiger partial charge in [0.2, 0.25) is 0 Å². The fourth-order valence-electron chi connectivity index (χ4n) is 9.48. The Bertz CT molecular complexity index is 3850. The maximum Gasteiger partial charge on any atom is 0.416 e. The van der Waals surface area contributed by atoms with Gasteiger partial charge in [-0.2, -0.15) is 13.2 Å². The van der Waals surface area contributed by atoms with Gasteiger partial charge < -0.3 is 14.2 Å². The van der Waals surface area contributed by atoms with E-state index in [2.05, 4.69) is 119 Å². The predicted octanol–water partition coefficient (Wildman–Crippen LogP) is 17.2. The molecule has 7 heteroatoms. The van der Waals surface area contributed by atoms with E-state index in [4.69, 9.17) is 4.11 Å². The van der Waals surface area contributed by atoms with E-state index in [0.29, 0.717) is 11.3 Å². The van der Waals surface area contributed by atoms with Crippen LogP contribution in [0.25, 0.3) is 69.0 Å². The summed E-state index contributed by atoms with van der Waals surface area (Å²) in [6.45, 7) is 1.89. The summed E-state index contributed by atoms with van der Waals surface area (Å²) in [7, 11) is 0. The summed E-state index contributed by atoms with van der Waals surface area (Å²) < 4.78 is 69.5. The van der Waals surface area contributed by atoms with Gasteiger partial charge in [0.25, 0.3) is 0 Å². The SMILES string of the molecule is [2H]C([2H])([2H])c1ccc(N(c2ccc(C)cc2)c2ccc3c(c2)sc2c4cc5c6cccc7c8ccc(N(c9ccc(C)cc9)c9ccc(C(F)(F)F)cc9)cc8n(c5cc4ccc32)c76)cc1. The molecule has 0 atom stereocenters. The lowest BCUT2D eigenvalue weighted by atomic mass is 10.0. The van der Waals surface area contributed by atoms with E-state index in [9.17, 15) is 13.2 Å². The molecule has 0 saturated heterocycles. The van der Waals surface area contributed by atoms with Crippen LogP contribution < -0.4 is 9.80 Å². The first-order chi connectivity index (χ1) is 31.8. The highest BCUT2D eigenvalue weighted by molar-refractivity contribution is 7.26. The van der Waals surface area contributed by atoms with E-state index in [1.807, 2.05) is 48.2 Å². The van der Waals surface area contributed by atoms with Crippen LogP contribution in [0.5, 0.6) is 0 Å². The molecule has 0 aliphatic carbocycles. The molecule has 0 unspecified atom stereocenters. The third-order valence-corrected chi connectivity index (χ3v) is 13.7. The predicted molar refractivity (Wildman–Crippen MR) is 260 cm³/mol. The first-order valence-electron chi connectivity index (χ1n) is 22.3. The second-order valence-electron chi connectivity index (χ2n) is 16.5. The highest BCUT2D eigenvalue weighted by Gasteiger charge is 2.30. The maximum absolute atomic E-state index is 13.7. The van der Waals surface area contributed by atoms with Crippen molar-refractivity contribution in [2.24, 2.45) is 0 Å². The van der Waals surface area contributed by atoms with Crippen LogP contribution in [0.2, 0.25) is 0 Å². The highest BCUT2D eigenvalue weighted by Crippen LogP contribution is 2.47. The number of thiophene rings is 1. The van der Waals surface area contributed by atoms with Crippen LogP contribution in [0, 0.1) is 20.7 Å². The fourth-order valence-corrected chi connectivity index (χ4v) is 10.7. The highest BCUT2D eigenvalue weighted by atomic mass is 32.1. The Morgan fingerprint density at radius 2 is 0.968 bits per heavy atom. The number of benzene rings is 9. The van der Waals surface area contributed by atoms with Gasteiger partial charge >= 0.3 is 6.18 Å². The number of aryl methyl sites for hydroxylation is 3. The maximum atomic E-state index is 13.7. The molecule has 3 nitrogen and oxygen atoms in total. The largest absolute Gasteiger partial charge is 0.416 e. The lowest BCUT2D eigenvalue weighted by Gasteiger charge is -2.26. The standard InChI is InChI=1S/C56H38F3N3S/c1-33-7-16-38(17-8-33)60(41-22-14-37(15-23-41)56(57,58)59)42-24-27-44-46-5-4-6-47-50-32-49-36(29-51(50)62(54(46)47)52(44)30-42)13-26-48-45-28-25-43(31-53(45)63-55(48)49)61(39-18-9-34(2)10-19-39)40-20-11-35(3)12-21-40/h4-32H,1-3H3/i2D3. The molecule has 0 amide bonds. The molecule has 0 N–H and O–H groups in total. The topological polar surface area (TPSA) is 10.9 Å². The average Bonchev–Trinajstić information content (AvgIpc) is 3.96. The molecule has 9 aromatic carbocycles. The van der Waals surface area contributed by atoms with E-state index in [-0.39, 0.29) is 0 Å². The van der Waals surface area contributed by atoms with Crippen molar-refractivity contribution in [1.29, 1.82) is 0 Å². The van der Waals surface area contributed by atoms with Crippen molar-refractivity contribution in [3.8, 4) is 0 Å². The first kappa shape index (κ1) is 34.3. The molecule has 3 aromatic heterocycles. The van der Waals surface area contributed by atoms with Crippen molar-refractivity contribution in [1.82, 2.24) is 4.40 Å². The number of nitrogens with zero attached hydrogens (tertiary/aromatic N) is 3. The van der Waals surface area contributed by atoms with Gasteiger partial charge in [-0.05, 0) is 123 Å². The van der Waals surface area contributed by atoms with Crippen LogP contribution >= 0.6 is 11.3 Å². The molecule has 12 aromatic rings. The number of aromatic nitrogens is 1. The fraction of sp³-hybridized carbons (Fsp3) is 0.0714. The number of para-hydroxylation sites is 1. The molecular formula is C56H38F3N3S. The third-order valence-electron chi connectivity index (χ3n) is 12.5. The van der Waals surface area contributed by atoms with E-state index in [1.165, 1.54) is 33.0 Å². The van der Waals surface area contributed by atoms with Crippen LogP contribution in [0.1, 0.15) is 26.4 Å². The Balaban J connectivity index is 1.02. The Labute approximate surface area is 369 Å². The summed E-state index contributed by atoms with van der Waals surface area (Å²) in [4.78, 5) is 4.19. The second kappa shape index (κ2) is 13.8. The van der Waals surface area contributed by atoms with Crippen LogP contribution in [0.15, 0.2) is 176 Å². The number of alkyl halides is 3. The van der Waals surface area contributed by atoms with Gasteiger partial charge in [-0.3, -0.25) is 0 Å². The molecule has 63 heavy (non-hydrogen) atoms. The van der Waals surface area contributed by atoms with Crippen molar-refractivity contribution in [3.05, 3.63) is 198 Å². The summed E-state index contributed by atoms with van der Waals surface area (Å²) in [5.41, 5.74) is 10.2. The summed E-state index contributed by atoms with van der Waals surface area (Å²) in [5.74, 6) is 0. The summed E-state index contributed by atoms with van der Waals surface area (Å²) >= 11 is 1.78. The lowest BCUT2D eigenvalue weighted by Crippen LogP contribution is -2.11. The summed E-state index contributed by atoms with van der Waals surface area (Å²) in [5, 5.41) is 9.17. The Hall–Kier alpha value is -7.35. The number of halogens is 3. The minimum atomic E-state index is -4.44. The van der Waals surface area contributed by atoms with Gasteiger partial charge in [0.1, 0.15) is 0 Å². The Morgan fingerprint density at radius 1 is 0.460 bits per heavy atom. The van der Waals surface area contributed by atoms with Crippen LogP contribution in [0.4, 0.5) is 47.3 Å². The number of hydrogen-bond donors (Lipinski definition) is 0. The van der Waals surface area contributed by atoms with Crippen molar-refractivity contribution < 1.29 is 17.3 Å². The monoisotopic (exact) mass is 844 g/mol. The summed E-state index contributed by atoms with van der Waals surface area (Å²) in [6.07, 6.45) is -4.44. The normalized spacial score (nSPS) is 13.2. The van der Waals surface area contributed by atoms with Gasteiger partial charge in [0.15, 0.2) is 0 Å². The molecule has 0 fully saturated rings. The number of fused-ring (bicyclic) bond motifs is 11.